The van der Waals surface area contributed by atoms with E-state index >= 15 is 0 Å². The number of H-pyrrole nitrogens is 1. The minimum atomic E-state index is -0.752. The van der Waals surface area contributed by atoms with Crippen LogP contribution in [0.3, 0.4) is 0 Å². The van der Waals surface area contributed by atoms with Gasteiger partial charge in [-0.15, -0.1) is 0 Å². The van der Waals surface area contributed by atoms with Gasteiger partial charge in [-0.2, -0.15) is 0 Å². The van der Waals surface area contributed by atoms with E-state index in [4.69, 9.17) is 14.2 Å². The third-order valence-electron chi connectivity index (χ3n) is 6.36. The van der Waals surface area contributed by atoms with Crippen LogP contribution in [-0.4, -0.2) is 53.8 Å². The van der Waals surface area contributed by atoms with Gasteiger partial charge in [-0.25, -0.2) is 14.5 Å². The number of esters is 2. The smallest absolute Gasteiger partial charge is 0.344 e. The van der Waals surface area contributed by atoms with Gasteiger partial charge >= 0.3 is 16.8 Å². The number of imide groups is 1. The summed E-state index contributed by atoms with van der Waals surface area (Å²) in [6.07, 6.45) is 0. The molecular formula is C27H24N2O8S2. The molecule has 0 aliphatic carbocycles. The lowest BCUT2D eigenvalue weighted by atomic mass is 9.83. The second kappa shape index (κ2) is 11.1. The quantitative estimate of drug-likeness (QED) is 0.321. The summed E-state index contributed by atoms with van der Waals surface area (Å²) in [6.45, 7) is 3.67. The number of hydrogen-bond donors (Lipinski definition) is 1. The maximum atomic E-state index is 13.8. The van der Waals surface area contributed by atoms with Gasteiger partial charge in [0.2, 0.25) is 11.8 Å². The number of fused-ring (bicyclic) bond motifs is 2. The largest absolute Gasteiger partial charge is 0.482 e. The van der Waals surface area contributed by atoms with Gasteiger partial charge in [-0.3, -0.25) is 14.4 Å². The third kappa shape index (κ3) is 5.09. The first-order valence-electron chi connectivity index (χ1n) is 12.2. The van der Waals surface area contributed by atoms with Crippen molar-refractivity contribution < 1.29 is 33.4 Å². The number of anilines is 1. The molecule has 3 atom stereocenters. The molecule has 5 rings (SSSR count). The van der Waals surface area contributed by atoms with Gasteiger partial charge in [0.25, 0.3) is 0 Å². The number of carbonyl (C=O) groups is 4. The Morgan fingerprint density at radius 1 is 0.923 bits per heavy atom. The van der Waals surface area contributed by atoms with Crippen LogP contribution in [0.2, 0.25) is 0 Å². The summed E-state index contributed by atoms with van der Waals surface area (Å²) in [4.78, 5) is 67.7. The number of thiazole rings is 1. The molecule has 0 spiro atoms. The van der Waals surface area contributed by atoms with Crippen LogP contribution in [-0.2, 0) is 23.9 Å². The molecule has 0 bridgehead atoms. The normalized spacial score (nSPS) is 19.8. The van der Waals surface area contributed by atoms with Crippen molar-refractivity contribution in [2.24, 2.45) is 5.92 Å². The average Bonchev–Trinajstić information content (AvgIpc) is 3.42. The number of nitrogens with one attached hydrogen (secondary N) is 1. The van der Waals surface area contributed by atoms with E-state index in [-0.39, 0.29) is 30.6 Å². The Morgan fingerprint density at radius 3 is 2.28 bits per heavy atom. The zero-order valence-electron chi connectivity index (χ0n) is 21.0. The predicted molar refractivity (Wildman–Crippen MR) is 143 cm³/mol. The number of benzene rings is 2. The Bertz CT molecular complexity index is 1480. The number of rotatable bonds is 8. The monoisotopic (exact) mass is 568 g/mol. The van der Waals surface area contributed by atoms with Gasteiger partial charge in [0, 0.05) is 10.8 Å². The lowest BCUT2D eigenvalue weighted by Gasteiger charge is -2.29. The molecule has 202 valence electrons. The zero-order chi connectivity index (χ0) is 27.7. The zero-order valence-corrected chi connectivity index (χ0v) is 22.6. The number of hydrogen-bond acceptors (Lipinski definition) is 10. The fraction of sp³-hybridized carbons (Fsp3) is 0.296. The number of ether oxygens (including phenoxy) is 3. The molecule has 1 fully saturated rings. The fourth-order valence-electron chi connectivity index (χ4n) is 4.71. The highest BCUT2D eigenvalue weighted by atomic mass is 32.2. The maximum Gasteiger partial charge on any atom is 0.344 e. The van der Waals surface area contributed by atoms with E-state index in [0.29, 0.717) is 26.9 Å². The number of amides is 2. The van der Waals surface area contributed by atoms with Gasteiger partial charge in [0.15, 0.2) is 6.61 Å². The summed E-state index contributed by atoms with van der Waals surface area (Å²) in [5.41, 5.74) is 1.40. The van der Waals surface area contributed by atoms with Crippen molar-refractivity contribution in [2.45, 2.75) is 30.0 Å². The average molecular weight is 569 g/mol. The van der Waals surface area contributed by atoms with Crippen LogP contribution in [0, 0.1) is 5.92 Å². The molecule has 2 amide bonds. The van der Waals surface area contributed by atoms with Crippen LogP contribution in [0.4, 0.5) is 5.69 Å². The number of thioether (sulfide) groups is 1. The molecule has 12 heteroatoms. The van der Waals surface area contributed by atoms with Gasteiger partial charge in [-0.1, -0.05) is 35.2 Å². The topological polar surface area (TPSA) is 132 Å². The van der Waals surface area contributed by atoms with Crippen LogP contribution in [0.15, 0.2) is 58.4 Å². The van der Waals surface area contributed by atoms with E-state index in [1.165, 1.54) is 23.9 Å². The highest BCUT2D eigenvalue weighted by Crippen LogP contribution is 2.53. The molecule has 10 nitrogen and oxygen atoms in total. The highest BCUT2D eigenvalue weighted by molar-refractivity contribution is 8.00. The number of carbonyl (C=O) groups excluding carboxylic acids is 4. The molecule has 0 saturated carbocycles. The first-order valence-corrected chi connectivity index (χ1v) is 13.9. The van der Waals surface area contributed by atoms with E-state index in [9.17, 15) is 24.0 Å². The molecule has 0 radical (unpaired) electrons. The van der Waals surface area contributed by atoms with Crippen molar-refractivity contribution in [1.29, 1.82) is 0 Å². The molecule has 3 aromatic rings. The van der Waals surface area contributed by atoms with Crippen molar-refractivity contribution in [3.05, 3.63) is 74.2 Å². The van der Waals surface area contributed by atoms with Crippen molar-refractivity contribution >= 4 is 52.5 Å². The molecule has 0 unspecified atom stereocenters. The summed E-state index contributed by atoms with van der Waals surface area (Å²) in [5.74, 6) is -2.62. The van der Waals surface area contributed by atoms with Gasteiger partial charge < -0.3 is 19.2 Å². The lowest BCUT2D eigenvalue weighted by molar-refractivity contribution is -0.145. The number of aromatic amines is 1. The summed E-state index contributed by atoms with van der Waals surface area (Å²) >= 11 is 2.20. The highest BCUT2D eigenvalue weighted by Gasteiger charge is 2.56. The molecule has 39 heavy (non-hydrogen) atoms. The third-order valence-corrected chi connectivity index (χ3v) is 8.76. The SMILES string of the molecule is CCOC(=O)COc1ccc([C@@H]2c3sc(=O)[nH]c3S[C@H]3C(=O)N(c4ccc(C(=O)OCC)cc4)C(=O)[C@@H]23)cc1. The van der Waals surface area contributed by atoms with E-state index in [1.807, 2.05) is 0 Å². The fourth-order valence-corrected chi connectivity index (χ4v) is 7.22. The first kappa shape index (κ1) is 26.7. The summed E-state index contributed by atoms with van der Waals surface area (Å²) in [5, 5.41) is -0.177. The van der Waals surface area contributed by atoms with Crippen molar-refractivity contribution in [1.82, 2.24) is 4.98 Å². The lowest BCUT2D eigenvalue weighted by Crippen LogP contribution is -2.32. The van der Waals surface area contributed by atoms with Gasteiger partial charge in [0.1, 0.15) is 11.0 Å². The van der Waals surface area contributed by atoms with E-state index in [1.54, 1.807) is 50.2 Å². The van der Waals surface area contributed by atoms with Crippen LogP contribution in [0.1, 0.15) is 40.6 Å². The Labute approximate surface area is 231 Å². The molecule has 2 aromatic carbocycles. The summed E-state index contributed by atoms with van der Waals surface area (Å²) in [6, 6.07) is 13.0. The second-order valence-corrected chi connectivity index (χ2v) is 10.9. The summed E-state index contributed by atoms with van der Waals surface area (Å²) in [7, 11) is 0. The van der Waals surface area contributed by atoms with Crippen LogP contribution in [0.25, 0.3) is 0 Å². The van der Waals surface area contributed by atoms with Crippen molar-refractivity contribution in [3.8, 4) is 5.75 Å². The van der Waals surface area contributed by atoms with Crippen LogP contribution < -0.4 is 14.5 Å². The molecule has 2 aliphatic heterocycles. The van der Waals surface area contributed by atoms with E-state index in [0.717, 1.165) is 21.8 Å². The maximum absolute atomic E-state index is 13.8. The van der Waals surface area contributed by atoms with Crippen LogP contribution >= 0.6 is 23.1 Å². The summed E-state index contributed by atoms with van der Waals surface area (Å²) < 4.78 is 15.4. The van der Waals surface area contributed by atoms with Gasteiger partial charge in [0.05, 0.1) is 35.4 Å². The number of aromatic nitrogens is 1. The molecule has 2 aliphatic rings. The van der Waals surface area contributed by atoms with E-state index in [2.05, 4.69) is 4.98 Å². The van der Waals surface area contributed by atoms with Crippen molar-refractivity contribution in [3.63, 3.8) is 0 Å². The van der Waals surface area contributed by atoms with Gasteiger partial charge in [-0.05, 0) is 55.8 Å². The van der Waals surface area contributed by atoms with Crippen LogP contribution in [0.5, 0.6) is 5.75 Å². The molecule has 1 aromatic heterocycles. The minimum absolute atomic E-state index is 0.233. The number of nitrogens with zero attached hydrogens (tertiary/aromatic N) is 1. The van der Waals surface area contributed by atoms with Crippen molar-refractivity contribution in [2.75, 3.05) is 24.7 Å². The Morgan fingerprint density at radius 2 is 1.62 bits per heavy atom. The molecule has 3 heterocycles. The Kier molecular flexibility index (Phi) is 7.58. The van der Waals surface area contributed by atoms with E-state index < -0.39 is 34.9 Å². The first-order chi connectivity index (χ1) is 18.8. The Hall–Kier alpha value is -3.90. The standard InChI is InChI=1S/C27H24N2O8S2/c1-3-35-18(30)13-37-17-11-7-14(8-12-17)19-20-22(38-23-21(19)39-27(34)28-23)25(32)29(24(20)31)16-9-5-15(6-10-16)26(33)36-4-2/h5-12,19-20,22H,3-4,13H2,1-2H3,(H,28,34)/t19-,20-,22+/m0/s1. The molecule has 1 N–H and O–H groups in total. The Balaban J connectivity index is 1.45. The molecule has 1 saturated heterocycles. The molecular weight excluding hydrogens is 544 g/mol. The predicted octanol–water partition coefficient (Wildman–Crippen LogP) is 3.35. The second-order valence-electron chi connectivity index (χ2n) is 8.69. The minimum Gasteiger partial charge on any atom is -0.482 e.